The molecule has 0 fully saturated rings. The molecule has 0 saturated heterocycles. The van der Waals surface area contributed by atoms with Gasteiger partial charge in [0.1, 0.15) is 0 Å². The minimum Gasteiger partial charge on any atom is -0.399 e. The topological polar surface area (TPSA) is 74.2 Å². The van der Waals surface area contributed by atoms with Gasteiger partial charge in [-0.3, -0.25) is 0 Å². The van der Waals surface area contributed by atoms with Crippen LogP contribution in [0.1, 0.15) is 19.2 Å². The van der Waals surface area contributed by atoms with Gasteiger partial charge in [0, 0.05) is 17.9 Å². The van der Waals surface area contributed by atoms with E-state index in [4.69, 9.17) is 15.0 Å². The molecule has 0 saturated carbocycles. The Morgan fingerprint density at radius 3 is 3.00 bits per heavy atom. The highest BCUT2D eigenvalue weighted by atomic mass is 16.5. The van der Waals surface area contributed by atoms with Crippen LogP contribution in [0.2, 0.25) is 0 Å². The van der Waals surface area contributed by atoms with E-state index in [2.05, 4.69) is 17.1 Å². The van der Waals surface area contributed by atoms with E-state index in [1.54, 1.807) is 0 Å². The number of hydrogen-bond acceptors (Lipinski definition) is 5. The molecule has 0 spiro atoms. The van der Waals surface area contributed by atoms with Crippen LogP contribution in [0.5, 0.6) is 0 Å². The summed E-state index contributed by atoms with van der Waals surface area (Å²) in [4.78, 5) is 4.31. The zero-order valence-corrected chi connectivity index (χ0v) is 10.4. The van der Waals surface area contributed by atoms with Gasteiger partial charge in [-0.2, -0.15) is 4.98 Å². The number of hydrogen-bond donors (Lipinski definition) is 1. The van der Waals surface area contributed by atoms with Crippen LogP contribution in [-0.2, 0) is 11.2 Å². The third-order valence-corrected chi connectivity index (χ3v) is 2.42. The molecule has 1 aromatic heterocycles. The van der Waals surface area contributed by atoms with Gasteiger partial charge in [-0.15, -0.1) is 0 Å². The number of ether oxygens (including phenoxy) is 1. The van der Waals surface area contributed by atoms with E-state index in [0.717, 1.165) is 18.6 Å². The van der Waals surface area contributed by atoms with Crippen LogP contribution in [0, 0.1) is 0 Å². The van der Waals surface area contributed by atoms with E-state index >= 15 is 0 Å². The smallest absolute Gasteiger partial charge is 0.229 e. The Morgan fingerprint density at radius 1 is 1.33 bits per heavy atom. The van der Waals surface area contributed by atoms with Crippen molar-refractivity contribution in [1.29, 1.82) is 0 Å². The summed E-state index contributed by atoms with van der Waals surface area (Å²) in [6.07, 6.45) is 1.65. The van der Waals surface area contributed by atoms with Crippen LogP contribution in [-0.4, -0.2) is 23.4 Å². The lowest BCUT2D eigenvalue weighted by molar-refractivity contribution is 0.132. The number of aromatic nitrogens is 2. The van der Waals surface area contributed by atoms with E-state index in [1.165, 1.54) is 0 Å². The molecule has 0 atom stereocenters. The molecule has 2 N–H and O–H groups in total. The third kappa shape index (κ3) is 3.30. The molecule has 5 nitrogen and oxygen atoms in total. The molecule has 2 rings (SSSR count). The van der Waals surface area contributed by atoms with E-state index in [0.29, 0.717) is 30.4 Å². The van der Waals surface area contributed by atoms with E-state index in [-0.39, 0.29) is 0 Å². The highest BCUT2D eigenvalue weighted by Gasteiger charge is 2.08. The lowest BCUT2D eigenvalue weighted by Gasteiger charge is -1.97. The molecule has 18 heavy (non-hydrogen) atoms. The maximum absolute atomic E-state index is 5.71. The second-order valence-electron chi connectivity index (χ2n) is 4.00. The summed E-state index contributed by atoms with van der Waals surface area (Å²) in [5.41, 5.74) is 7.26. The van der Waals surface area contributed by atoms with Gasteiger partial charge in [0.2, 0.25) is 11.7 Å². The average Bonchev–Trinajstić information content (AvgIpc) is 2.83. The van der Waals surface area contributed by atoms with Crippen molar-refractivity contribution < 1.29 is 9.26 Å². The molecule has 0 aliphatic rings. The van der Waals surface area contributed by atoms with Crippen LogP contribution in [0.3, 0.4) is 0 Å². The van der Waals surface area contributed by atoms with Gasteiger partial charge < -0.3 is 15.0 Å². The molecule has 1 aromatic carbocycles. The van der Waals surface area contributed by atoms with Crippen LogP contribution < -0.4 is 5.73 Å². The van der Waals surface area contributed by atoms with Crippen molar-refractivity contribution in [2.75, 3.05) is 18.9 Å². The first-order chi connectivity index (χ1) is 8.79. The van der Waals surface area contributed by atoms with Gasteiger partial charge in [0.25, 0.3) is 0 Å². The first-order valence-electron chi connectivity index (χ1n) is 6.06. The summed E-state index contributed by atoms with van der Waals surface area (Å²) < 4.78 is 10.5. The molecule has 0 aliphatic carbocycles. The van der Waals surface area contributed by atoms with Crippen molar-refractivity contribution in [2.45, 2.75) is 19.8 Å². The molecule has 2 aromatic rings. The van der Waals surface area contributed by atoms with Gasteiger partial charge in [-0.1, -0.05) is 24.2 Å². The fourth-order valence-electron chi connectivity index (χ4n) is 1.56. The largest absolute Gasteiger partial charge is 0.399 e. The summed E-state index contributed by atoms with van der Waals surface area (Å²) >= 11 is 0. The number of benzene rings is 1. The molecule has 1 heterocycles. The second kappa shape index (κ2) is 6.16. The van der Waals surface area contributed by atoms with Gasteiger partial charge in [-0.25, -0.2) is 0 Å². The summed E-state index contributed by atoms with van der Waals surface area (Å²) in [6.45, 7) is 3.44. The number of nitrogens with zero attached hydrogens (tertiary/aromatic N) is 2. The van der Waals surface area contributed by atoms with Crippen molar-refractivity contribution in [3.8, 4) is 11.4 Å². The predicted octanol–water partition coefficient (Wildman–Crippen LogP) is 2.29. The SMILES string of the molecule is CCCOCCc1nc(-c2cccc(N)c2)no1. The Morgan fingerprint density at radius 2 is 2.22 bits per heavy atom. The van der Waals surface area contributed by atoms with E-state index in [1.807, 2.05) is 24.3 Å². The normalized spacial score (nSPS) is 10.7. The maximum atomic E-state index is 5.71. The van der Waals surface area contributed by atoms with E-state index in [9.17, 15) is 0 Å². The molecule has 5 heteroatoms. The first kappa shape index (κ1) is 12.6. The lowest BCUT2D eigenvalue weighted by Crippen LogP contribution is -1.99. The summed E-state index contributed by atoms with van der Waals surface area (Å²) in [5.74, 6) is 1.15. The Bertz CT molecular complexity index is 496. The Labute approximate surface area is 106 Å². The molecular weight excluding hydrogens is 230 g/mol. The summed E-state index contributed by atoms with van der Waals surface area (Å²) in [7, 11) is 0. The second-order valence-corrected chi connectivity index (χ2v) is 4.00. The van der Waals surface area contributed by atoms with Crippen molar-refractivity contribution in [3.63, 3.8) is 0 Å². The minimum atomic E-state index is 0.563. The van der Waals surface area contributed by atoms with Crippen molar-refractivity contribution in [1.82, 2.24) is 10.1 Å². The quantitative estimate of drug-likeness (QED) is 0.626. The van der Waals surface area contributed by atoms with Crippen LogP contribution in [0.25, 0.3) is 11.4 Å². The molecule has 0 radical (unpaired) electrons. The molecule has 0 unspecified atom stereocenters. The number of nitrogens with two attached hydrogens (primary N) is 1. The predicted molar refractivity (Wildman–Crippen MR) is 69.0 cm³/mol. The fourth-order valence-corrected chi connectivity index (χ4v) is 1.56. The highest BCUT2D eigenvalue weighted by molar-refractivity contribution is 5.60. The minimum absolute atomic E-state index is 0.563. The summed E-state index contributed by atoms with van der Waals surface area (Å²) in [5, 5.41) is 3.93. The molecule has 0 amide bonds. The maximum Gasteiger partial charge on any atom is 0.229 e. The average molecular weight is 247 g/mol. The number of rotatable bonds is 6. The third-order valence-electron chi connectivity index (χ3n) is 2.42. The van der Waals surface area contributed by atoms with Gasteiger partial charge >= 0.3 is 0 Å². The molecule has 96 valence electrons. The monoisotopic (exact) mass is 247 g/mol. The number of anilines is 1. The van der Waals surface area contributed by atoms with E-state index < -0.39 is 0 Å². The molecule has 0 bridgehead atoms. The standard InChI is InChI=1S/C13H17N3O2/c1-2-7-17-8-6-12-15-13(16-18-12)10-4-3-5-11(14)9-10/h3-5,9H,2,6-8,14H2,1H3. The van der Waals surface area contributed by atoms with Crippen LogP contribution in [0.15, 0.2) is 28.8 Å². The van der Waals surface area contributed by atoms with Gasteiger partial charge in [0.15, 0.2) is 0 Å². The Hall–Kier alpha value is -1.88. The lowest BCUT2D eigenvalue weighted by atomic mass is 10.2. The van der Waals surface area contributed by atoms with Crippen molar-refractivity contribution in [2.24, 2.45) is 0 Å². The summed E-state index contributed by atoms with van der Waals surface area (Å²) in [6, 6.07) is 7.41. The van der Waals surface area contributed by atoms with Crippen molar-refractivity contribution >= 4 is 5.69 Å². The van der Waals surface area contributed by atoms with Crippen LogP contribution in [0.4, 0.5) is 5.69 Å². The Kier molecular flexibility index (Phi) is 4.30. The number of nitrogen functional groups attached to an aromatic ring is 1. The molecule has 0 aliphatic heterocycles. The molecular formula is C13H17N3O2. The first-order valence-corrected chi connectivity index (χ1v) is 6.06. The van der Waals surface area contributed by atoms with Gasteiger partial charge in [0.05, 0.1) is 13.0 Å². The van der Waals surface area contributed by atoms with Crippen LogP contribution >= 0.6 is 0 Å². The highest BCUT2D eigenvalue weighted by Crippen LogP contribution is 2.18. The van der Waals surface area contributed by atoms with Gasteiger partial charge in [-0.05, 0) is 18.6 Å². The Balaban J connectivity index is 1.97. The van der Waals surface area contributed by atoms with Crippen molar-refractivity contribution in [3.05, 3.63) is 30.2 Å². The zero-order chi connectivity index (χ0) is 12.8. The zero-order valence-electron chi connectivity index (χ0n) is 10.4. The fraction of sp³-hybridized carbons (Fsp3) is 0.385.